The van der Waals surface area contributed by atoms with Crippen molar-refractivity contribution in [2.45, 2.75) is 26.8 Å². The van der Waals surface area contributed by atoms with Gasteiger partial charge in [-0.25, -0.2) is 19.9 Å². The number of rotatable bonds is 4. The van der Waals surface area contributed by atoms with E-state index in [1.807, 2.05) is 28.3 Å². The van der Waals surface area contributed by atoms with Gasteiger partial charge in [-0.1, -0.05) is 13.0 Å². The molecule has 126 valence electrons. The first-order valence-corrected chi connectivity index (χ1v) is 8.12. The average molecular weight is 336 g/mol. The van der Waals surface area contributed by atoms with E-state index < -0.39 is 5.95 Å². The summed E-state index contributed by atoms with van der Waals surface area (Å²) in [6, 6.07) is 4.68. The Balaban J connectivity index is 1.69. The van der Waals surface area contributed by atoms with Crippen molar-refractivity contribution in [1.29, 1.82) is 0 Å². The van der Waals surface area contributed by atoms with Gasteiger partial charge < -0.3 is 4.57 Å². The van der Waals surface area contributed by atoms with E-state index in [1.54, 1.807) is 18.3 Å². The van der Waals surface area contributed by atoms with E-state index in [-0.39, 0.29) is 0 Å². The standard InChI is InChI=1S/C18H17FN6/c1-3-13-9-25-11-14(22-18(25)21-12(13)2)10-24-8-7-20-17(24)15-5-4-6-16(19)23-15/h4-9,11H,3,10H2,1-2H3. The lowest BCUT2D eigenvalue weighted by molar-refractivity contribution is 0.584. The Morgan fingerprint density at radius 3 is 2.80 bits per heavy atom. The highest BCUT2D eigenvalue weighted by Gasteiger charge is 2.11. The van der Waals surface area contributed by atoms with Crippen LogP contribution in [0, 0.1) is 12.9 Å². The van der Waals surface area contributed by atoms with E-state index in [2.05, 4.69) is 33.1 Å². The topological polar surface area (TPSA) is 60.9 Å². The fraction of sp³-hybridized carbons (Fsp3) is 0.222. The van der Waals surface area contributed by atoms with Gasteiger partial charge in [0.05, 0.1) is 12.2 Å². The molecule has 0 atom stereocenters. The average Bonchev–Trinajstić information content (AvgIpc) is 3.20. The number of aromatic nitrogens is 6. The third-order valence-electron chi connectivity index (χ3n) is 4.16. The second-order valence-corrected chi connectivity index (χ2v) is 5.87. The SMILES string of the molecule is CCc1cn2cc(Cn3ccnc3-c3cccc(F)n3)nc2nc1C. The lowest BCUT2D eigenvalue weighted by atomic mass is 10.2. The van der Waals surface area contributed by atoms with Crippen LogP contribution in [0.15, 0.2) is 43.0 Å². The number of hydrogen-bond donors (Lipinski definition) is 0. The highest BCUT2D eigenvalue weighted by atomic mass is 19.1. The molecule has 4 rings (SSSR count). The van der Waals surface area contributed by atoms with E-state index in [9.17, 15) is 4.39 Å². The van der Waals surface area contributed by atoms with Crippen molar-refractivity contribution >= 4 is 5.78 Å². The molecule has 0 aliphatic heterocycles. The summed E-state index contributed by atoms with van der Waals surface area (Å²) in [4.78, 5) is 17.3. The summed E-state index contributed by atoms with van der Waals surface area (Å²) < 4.78 is 17.2. The highest BCUT2D eigenvalue weighted by molar-refractivity contribution is 5.49. The van der Waals surface area contributed by atoms with Crippen LogP contribution in [0.2, 0.25) is 0 Å². The molecular formula is C18H17FN6. The molecule has 0 aromatic carbocycles. The van der Waals surface area contributed by atoms with Crippen LogP contribution in [0.5, 0.6) is 0 Å². The summed E-state index contributed by atoms with van der Waals surface area (Å²) in [5.41, 5.74) is 3.55. The fourth-order valence-electron chi connectivity index (χ4n) is 2.89. The van der Waals surface area contributed by atoms with E-state index in [4.69, 9.17) is 0 Å². The van der Waals surface area contributed by atoms with Gasteiger partial charge >= 0.3 is 0 Å². The van der Waals surface area contributed by atoms with Crippen LogP contribution in [0.3, 0.4) is 0 Å². The van der Waals surface area contributed by atoms with Crippen molar-refractivity contribution in [1.82, 2.24) is 28.9 Å². The second-order valence-electron chi connectivity index (χ2n) is 5.87. The highest BCUT2D eigenvalue weighted by Crippen LogP contribution is 2.17. The van der Waals surface area contributed by atoms with Gasteiger partial charge in [0.25, 0.3) is 0 Å². The molecule has 25 heavy (non-hydrogen) atoms. The minimum atomic E-state index is -0.522. The van der Waals surface area contributed by atoms with Crippen LogP contribution in [0.25, 0.3) is 17.3 Å². The molecule has 0 aliphatic rings. The second kappa shape index (κ2) is 6.08. The van der Waals surface area contributed by atoms with Crippen LogP contribution >= 0.6 is 0 Å². The van der Waals surface area contributed by atoms with Gasteiger partial charge in [-0.15, -0.1) is 0 Å². The predicted octanol–water partition coefficient (Wildman–Crippen LogP) is 3.05. The van der Waals surface area contributed by atoms with Crippen LogP contribution in [-0.4, -0.2) is 28.9 Å². The van der Waals surface area contributed by atoms with Crippen molar-refractivity contribution < 1.29 is 4.39 Å². The Morgan fingerprint density at radius 1 is 1.12 bits per heavy atom. The Morgan fingerprint density at radius 2 is 2.00 bits per heavy atom. The van der Waals surface area contributed by atoms with E-state index in [0.717, 1.165) is 17.8 Å². The van der Waals surface area contributed by atoms with Crippen LogP contribution < -0.4 is 0 Å². The monoisotopic (exact) mass is 336 g/mol. The fourth-order valence-corrected chi connectivity index (χ4v) is 2.89. The minimum Gasteiger partial charge on any atom is -0.324 e. The smallest absolute Gasteiger partial charge is 0.234 e. The number of nitrogens with zero attached hydrogens (tertiary/aromatic N) is 6. The first-order valence-electron chi connectivity index (χ1n) is 8.12. The molecular weight excluding hydrogens is 319 g/mol. The van der Waals surface area contributed by atoms with Crippen molar-refractivity contribution in [3.63, 3.8) is 0 Å². The van der Waals surface area contributed by atoms with Gasteiger partial charge in [0.15, 0.2) is 5.82 Å². The first kappa shape index (κ1) is 15.4. The number of halogens is 1. The third-order valence-corrected chi connectivity index (χ3v) is 4.16. The van der Waals surface area contributed by atoms with Crippen molar-refractivity contribution in [3.8, 4) is 11.5 Å². The van der Waals surface area contributed by atoms with Crippen LogP contribution in [0.4, 0.5) is 4.39 Å². The van der Waals surface area contributed by atoms with Gasteiger partial charge in [-0.3, -0.25) is 4.40 Å². The molecule has 7 heteroatoms. The van der Waals surface area contributed by atoms with Gasteiger partial charge in [-0.05, 0) is 31.0 Å². The van der Waals surface area contributed by atoms with Crippen molar-refractivity contribution in [3.05, 3.63) is 65.9 Å². The molecule has 0 radical (unpaired) electrons. The van der Waals surface area contributed by atoms with Gasteiger partial charge in [0.1, 0.15) is 5.69 Å². The Labute approximate surface area is 144 Å². The largest absolute Gasteiger partial charge is 0.324 e. The molecule has 6 nitrogen and oxygen atoms in total. The molecule has 4 aromatic rings. The molecule has 0 saturated heterocycles. The van der Waals surface area contributed by atoms with Crippen LogP contribution in [-0.2, 0) is 13.0 Å². The summed E-state index contributed by atoms with van der Waals surface area (Å²) >= 11 is 0. The maximum atomic E-state index is 13.4. The minimum absolute atomic E-state index is 0.496. The predicted molar refractivity (Wildman–Crippen MR) is 91.6 cm³/mol. The summed E-state index contributed by atoms with van der Waals surface area (Å²) in [6.45, 7) is 4.62. The molecule has 0 spiro atoms. The summed E-state index contributed by atoms with van der Waals surface area (Å²) in [6.07, 6.45) is 8.47. The summed E-state index contributed by atoms with van der Waals surface area (Å²) in [7, 11) is 0. The number of aryl methyl sites for hydroxylation is 2. The summed E-state index contributed by atoms with van der Waals surface area (Å²) in [5, 5.41) is 0. The molecule has 0 N–H and O–H groups in total. The van der Waals surface area contributed by atoms with Crippen LogP contribution in [0.1, 0.15) is 23.9 Å². The number of hydrogen-bond acceptors (Lipinski definition) is 4. The molecule has 0 amide bonds. The molecule has 0 unspecified atom stereocenters. The van der Waals surface area contributed by atoms with E-state index in [0.29, 0.717) is 23.8 Å². The zero-order valence-corrected chi connectivity index (χ0v) is 14.0. The van der Waals surface area contributed by atoms with Crippen molar-refractivity contribution in [2.24, 2.45) is 0 Å². The van der Waals surface area contributed by atoms with Gasteiger partial charge in [-0.2, -0.15) is 4.39 Å². The molecule has 0 fully saturated rings. The summed E-state index contributed by atoms with van der Waals surface area (Å²) in [5.74, 6) is 0.761. The van der Waals surface area contributed by atoms with Crippen molar-refractivity contribution in [2.75, 3.05) is 0 Å². The third kappa shape index (κ3) is 2.88. The lowest BCUT2D eigenvalue weighted by Crippen LogP contribution is -2.02. The molecule has 0 aliphatic carbocycles. The quantitative estimate of drug-likeness (QED) is 0.538. The normalized spacial score (nSPS) is 11.3. The number of fused-ring (bicyclic) bond motifs is 1. The lowest BCUT2D eigenvalue weighted by Gasteiger charge is -2.05. The Hall–Kier alpha value is -3.09. The Bertz CT molecular complexity index is 1050. The molecule has 4 heterocycles. The molecule has 0 bridgehead atoms. The number of pyridine rings is 1. The maximum Gasteiger partial charge on any atom is 0.234 e. The zero-order chi connectivity index (χ0) is 17.4. The van der Waals surface area contributed by atoms with E-state index >= 15 is 0 Å². The zero-order valence-electron chi connectivity index (χ0n) is 14.0. The Kier molecular flexibility index (Phi) is 3.76. The van der Waals surface area contributed by atoms with Gasteiger partial charge in [0, 0.05) is 30.5 Å². The molecule has 0 saturated carbocycles. The van der Waals surface area contributed by atoms with E-state index in [1.165, 1.54) is 11.6 Å². The molecule has 4 aromatic heterocycles. The maximum absolute atomic E-state index is 13.4. The first-order chi connectivity index (χ1) is 12.1. The number of imidazole rings is 2. The van der Waals surface area contributed by atoms with Gasteiger partial charge in [0.2, 0.25) is 11.7 Å².